The number of carbonyl (C=O) groups excluding carboxylic acids is 2. The van der Waals surface area contributed by atoms with Crippen molar-refractivity contribution in [1.82, 2.24) is 4.90 Å². The fourth-order valence-electron chi connectivity index (χ4n) is 2.26. The summed E-state index contributed by atoms with van der Waals surface area (Å²) in [5.74, 6) is 0.109. The predicted molar refractivity (Wildman–Crippen MR) is 71.6 cm³/mol. The van der Waals surface area contributed by atoms with Crippen LogP contribution in [0.5, 0.6) is 0 Å². The Morgan fingerprint density at radius 2 is 2.00 bits per heavy atom. The van der Waals surface area contributed by atoms with Gasteiger partial charge in [-0.1, -0.05) is 37.3 Å². The first-order valence-electron chi connectivity index (χ1n) is 6.59. The van der Waals surface area contributed by atoms with Crippen molar-refractivity contribution in [3.8, 4) is 0 Å². The number of rotatable bonds is 2. The zero-order valence-electron chi connectivity index (χ0n) is 11.3. The van der Waals surface area contributed by atoms with E-state index in [0.717, 1.165) is 5.56 Å². The molecule has 102 valence electrons. The molecule has 1 aliphatic heterocycles. The van der Waals surface area contributed by atoms with Crippen LogP contribution >= 0.6 is 0 Å². The van der Waals surface area contributed by atoms with Gasteiger partial charge in [0.05, 0.1) is 0 Å². The smallest absolute Gasteiger partial charge is 0.410 e. The molecule has 1 heterocycles. The summed E-state index contributed by atoms with van der Waals surface area (Å²) in [5, 5.41) is 0. The van der Waals surface area contributed by atoms with Crippen molar-refractivity contribution in [3.63, 3.8) is 0 Å². The molecule has 1 saturated heterocycles. The summed E-state index contributed by atoms with van der Waals surface area (Å²) in [4.78, 5) is 25.2. The van der Waals surface area contributed by atoms with E-state index in [9.17, 15) is 9.59 Å². The molecule has 0 unspecified atom stereocenters. The van der Waals surface area contributed by atoms with Crippen LogP contribution in [-0.4, -0.2) is 29.4 Å². The molecule has 2 rings (SSSR count). The van der Waals surface area contributed by atoms with Crippen LogP contribution in [0, 0.1) is 5.92 Å². The number of carbonyl (C=O) groups is 2. The number of piperidine rings is 1. The highest BCUT2D eigenvalue weighted by molar-refractivity contribution is 5.84. The van der Waals surface area contributed by atoms with E-state index in [1.807, 2.05) is 44.2 Å². The van der Waals surface area contributed by atoms with Gasteiger partial charge in [-0.2, -0.15) is 0 Å². The van der Waals surface area contributed by atoms with E-state index in [1.54, 1.807) is 4.90 Å². The van der Waals surface area contributed by atoms with Crippen LogP contribution in [0.15, 0.2) is 30.3 Å². The van der Waals surface area contributed by atoms with Crippen molar-refractivity contribution in [1.29, 1.82) is 0 Å². The Kier molecular flexibility index (Phi) is 4.20. The van der Waals surface area contributed by atoms with Gasteiger partial charge in [0.1, 0.15) is 12.4 Å². The van der Waals surface area contributed by atoms with Crippen LogP contribution in [0.1, 0.15) is 25.8 Å². The average Bonchev–Trinajstić information content (AvgIpc) is 2.43. The van der Waals surface area contributed by atoms with Gasteiger partial charge < -0.3 is 9.64 Å². The summed E-state index contributed by atoms with van der Waals surface area (Å²) in [5.41, 5.74) is 0.963. The molecule has 19 heavy (non-hydrogen) atoms. The number of hydrogen-bond donors (Lipinski definition) is 0. The van der Waals surface area contributed by atoms with Gasteiger partial charge in [-0.25, -0.2) is 4.79 Å². The van der Waals surface area contributed by atoms with Crippen LogP contribution < -0.4 is 0 Å². The predicted octanol–water partition coefficient (Wildman–Crippen LogP) is 2.62. The first-order chi connectivity index (χ1) is 9.09. The maximum atomic E-state index is 12.0. The molecule has 1 aromatic rings. The van der Waals surface area contributed by atoms with Gasteiger partial charge in [-0.05, 0) is 12.5 Å². The Morgan fingerprint density at radius 1 is 1.32 bits per heavy atom. The first kappa shape index (κ1) is 13.6. The minimum Gasteiger partial charge on any atom is -0.445 e. The van der Waals surface area contributed by atoms with Gasteiger partial charge >= 0.3 is 6.09 Å². The van der Waals surface area contributed by atoms with E-state index in [2.05, 4.69) is 0 Å². The van der Waals surface area contributed by atoms with Gasteiger partial charge in [0, 0.05) is 24.9 Å². The van der Waals surface area contributed by atoms with E-state index < -0.39 is 0 Å². The maximum Gasteiger partial charge on any atom is 0.410 e. The largest absolute Gasteiger partial charge is 0.445 e. The zero-order valence-corrected chi connectivity index (χ0v) is 11.3. The Labute approximate surface area is 113 Å². The topological polar surface area (TPSA) is 46.6 Å². The first-order valence-corrected chi connectivity index (χ1v) is 6.59. The van der Waals surface area contributed by atoms with Crippen molar-refractivity contribution in [2.45, 2.75) is 32.9 Å². The Morgan fingerprint density at radius 3 is 2.68 bits per heavy atom. The van der Waals surface area contributed by atoms with E-state index in [1.165, 1.54) is 0 Å². The lowest BCUT2D eigenvalue weighted by Crippen LogP contribution is -2.49. The molecule has 0 bridgehead atoms. The fourth-order valence-corrected chi connectivity index (χ4v) is 2.26. The second-order valence-corrected chi connectivity index (χ2v) is 4.98. The molecule has 0 N–H and O–H groups in total. The highest BCUT2D eigenvalue weighted by Gasteiger charge is 2.34. The molecule has 0 aliphatic carbocycles. The second-order valence-electron chi connectivity index (χ2n) is 4.98. The number of amides is 1. The lowest BCUT2D eigenvalue weighted by Gasteiger charge is -2.36. The van der Waals surface area contributed by atoms with Crippen LogP contribution in [0.25, 0.3) is 0 Å². The minimum atomic E-state index is -0.337. The summed E-state index contributed by atoms with van der Waals surface area (Å²) in [6.07, 6.45) is 0.0853. The standard InChI is InChI=1S/C15H19NO3/c1-11-12(2)16(9-8-14(11)17)15(18)19-10-13-6-4-3-5-7-13/h3-7,11-12H,8-10H2,1-2H3/t11-,12-/m1/s1. The number of hydrogen-bond acceptors (Lipinski definition) is 3. The summed E-state index contributed by atoms with van der Waals surface area (Å²) < 4.78 is 5.30. The van der Waals surface area contributed by atoms with E-state index >= 15 is 0 Å². The molecular weight excluding hydrogens is 242 g/mol. The molecule has 0 aromatic heterocycles. The third-order valence-corrected chi connectivity index (χ3v) is 3.76. The molecule has 0 radical (unpaired) electrons. The number of benzene rings is 1. The molecule has 4 heteroatoms. The van der Waals surface area contributed by atoms with E-state index in [4.69, 9.17) is 4.74 Å². The number of likely N-dealkylation sites (tertiary alicyclic amines) is 1. The number of ether oxygens (including phenoxy) is 1. The lowest BCUT2D eigenvalue weighted by molar-refractivity contribution is -0.127. The molecule has 1 fully saturated rings. The summed E-state index contributed by atoms with van der Waals surface area (Å²) in [7, 11) is 0. The number of nitrogens with zero attached hydrogens (tertiary/aromatic N) is 1. The lowest BCUT2D eigenvalue weighted by atomic mass is 9.91. The minimum absolute atomic E-state index is 0.0930. The Bertz CT molecular complexity index is 458. The second kappa shape index (κ2) is 5.87. The van der Waals surface area contributed by atoms with Gasteiger partial charge in [-0.3, -0.25) is 4.79 Å². The van der Waals surface area contributed by atoms with E-state index in [0.29, 0.717) is 13.0 Å². The molecule has 0 saturated carbocycles. The summed E-state index contributed by atoms with van der Waals surface area (Å²) >= 11 is 0. The van der Waals surface area contributed by atoms with Gasteiger partial charge in [0.2, 0.25) is 0 Å². The third-order valence-electron chi connectivity index (χ3n) is 3.76. The Balaban J connectivity index is 1.91. The Hall–Kier alpha value is -1.84. The number of ketones is 1. The van der Waals surface area contributed by atoms with Crippen LogP contribution in [0.3, 0.4) is 0 Å². The van der Waals surface area contributed by atoms with Crippen LogP contribution in [-0.2, 0) is 16.1 Å². The monoisotopic (exact) mass is 261 g/mol. The SMILES string of the molecule is C[C@@H]1[C@@H](C)C(=O)CCN1C(=O)OCc1ccccc1. The van der Waals surface area contributed by atoms with Gasteiger partial charge in [-0.15, -0.1) is 0 Å². The molecule has 4 nitrogen and oxygen atoms in total. The normalized spacial score (nSPS) is 23.3. The van der Waals surface area contributed by atoms with E-state index in [-0.39, 0.29) is 30.4 Å². The molecule has 1 aromatic carbocycles. The van der Waals surface area contributed by atoms with Crippen molar-refractivity contribution < 1.29 is 14.3 Å². The fraction of sp³-hybridized carbons (Fsp3) is 0.467. The van der Waals surface area contributed by atoms with Crippen molar-refractivity contribution in [3.05, 3.63) is 35.9 Å². The van der Waals surface area contributed by atoms with Crippen molar-refractivity contribution in [2.24, 2.45) is 5.92 Å². The van der Waals surface area contributed by atoms with Crippen LogP contribution in [0.2, 0.25) is 0 Å². The van der Waals surface area contributed by atoms with Gasteiger partial charge in [0.15, 0.2) is 0 Å². The van der Waals surface area contributed by atoms with Crippen molar-refractivity contribution in [2.75, 3.05) is 6.54 Å². The molecule has 1 aliphatic rings. The highest BCUT2D eigenvalue weighted by atomic mass is 16.6. The summed E-state index contributed by atoms with van der Waals surface area (Å²) in [6, 6.07) is 9.48. The average molecular weight is 261 g/mol. The maximum absolute atomic E-state index is 12.0. The molecular formula is C15H19NO3. The number of Topliss-reactive ketones (excluding diaryl/α,β-unsaturated/α-hetero) is 1. The highest BCUT2D eigenvalue weighted by Crippen LogP contribution is 2.21. The van der Waals surface area contributed by atoms with Crippen LogP contribution in [0.4, 0.5) is 4.79 Å². The molecule has 0 spiro atoms. The zero-order chi connectivity index (χ0) is 13.8. The molecule has 1 amide bonds. The third kappa shape index (κ3) is 3.13. The van der Waals surface area contributed by atoms with Gasteiger partial charge in [0.25, 0.3) is 0 Å². The summed E-state index contributed by atoms with van der Waals surface area (Å²) in [6.45, 7) is 4.48. The van der Waals surface area contributed by atoms with Crippen molar-refractivity contribution >= 4 is 11.9 Å². The quantitative estimate of drug-likeness (QED) is 0.822. The molecule has 2 atom stereocenters.